The summed E-state index contributed by atoms with van der Waals surface area (Å²) in [6.45, 7) is 0. The molecule has 6 heteroatoms. The van der Waals surface area contributed by atoms with Crippen molar-refractivity contribution in [1.29, 1.82) is 0 Å². The van der Waals surface area contributed by atoms with E-state index in [1.165, 1.54) is 6.07 Å². The molecule has 0 atom stereocenters. The van der Waals surface area contributed by atoms with Crippen LogP contribution in [0.5, 0.6) is 11.5 Å². The SMILES string of the molecule is Cn1cc(-c2ccccc2)c(=S)c(-c2ccc(Oc3ccccc3[N+](=O)[O-])cc2)c1. The second kappa shape index (κ2) is 8.31. The quantitative estimate of drug-likeness (QED) is 0.205. The lowest BCUT2D eigenvalue weighted by Crippen LogP contribution is -1.95. The summed E-state index contributed by atoms with van der Waals surface area (Å²) in [6.07, 6.45) is 4.01. The van der Waals surface area contributed by atoms with Crippen LogP contribution in [-0.4, -0.2) is 9.49 Å². The van der Waals surface area contributed by atoms with Gasteiger partial charge in [0.2, 0.25) is 5.75 Å². The molecule has 1 aromatic heterocycles. The first-order valence-corrected chi connectivity index (χ1v) is 9.71. The topological polar surface area (TPSA) is 57.3 Å². The molecule has 0 saturated carbocycles. The van der Waals surface area contributed by atoms with Crippen molar-refractivity contribution in [2.45, 2.75) is 0 Å². The van der Waals surface area contributed by atoms with Gasteiger partial charge < -0.3 is 9.30 Å². The van der Waals surface area contributed by atoms with E-state index in [-0.39, 0.29) is 11.4 Å². The molecule has 0 radical (unpaired) electrons. The second-order valence-corrected chi connectivity index (χ2v) is 7.21. The first-order valence-electron chi connectivity index (χ1n) is 9.30. The van der Waals surface area contributed by atoms with Gasteiger partial charge in [-0.15, -0.1) is 0 Å². The molecule has 3 aromatic carbocycles. The number of nitrogens with zero attached hydrogens (tertiary/aromatic N) is 2. The van der Waals surface area contributed by atoms with E-state index < -0.39 is 4.92 Å². The third-order valence-corrected chi connectivity index (χ3v) is 5.13. The van der Waals surface area contributed by atoms with Gasteiger partial charge in [-0.25, -0.2) is 0 Å². The zero-order valence-corrected chi connectivity index (χ0v) is 17.0. The van der Waals surface area contributed by atoms with Gasteiger partial charge in [-0.3, -0.25) is 10.1 Å². The van der Waals surface area contributed by atoms with Crippen molar-refractivity contribution in [1.82, 2.24) is 4.57 Å². The Morgan fingerprint density at radius 1 is 0.833 bits per heavy atom. The van der Waals surface area contributed by atoms with E-state index in [2.05, 4.69) is 0 Å². The number of benzene rings is 3. The van der Waals surface area contributed by atoms with Gasteiger partial charge in [-0.05, 0) is 29.3 Å². The molecule has 0 amide bonds. The molecule has 0 saturated heterocycles. The molecule has 0 aliphatic heterocycles. The van der Waals surface area contributed by atoms with Crippen LogP contribution in [0, 0.1) is 14.6 Å². The standard InChI is InChI=1S/C24H18N2O3S/c1-25-15-20(17-7-3-2-4-8-17)24(30)21(16-25)18-11-13-19(14-12-18)29-23-10-6-5-9-22(23)26(27)28/h2-16H,1H3. The number of aromatic nitrogens is 1. The molecule has 0 aliphatic rings. The average Bonchev–Trinajstić information content (AvgIpc) is 2.76. The lowest BCUT2D eigenvalue weighted by Gasteiger charge is -2.12. The minimum Gasteiger partial charge on any atom is -0.450 e. The molecular formula is C24H18N2O3S. The molecule has 0 aliphatic carbocycles. The van der Waals surface area contributed by atoms with Crippen molar-refractivity contribution in [3.8, 4) is 33.8 Å². The van der Waals surface area contributed by atoms with Gasteiger partial charge in [-0.2, -0.15) is 0 Å². The first-order chi connectivity index (χ1) is 14.5. The van der Waals surface area contributed by atoms with Crippen LogP contribution >= 0.6 is 12.2 Å². The lowest BCUT2D eigenvalue weighted by molar-refractivity contribution is -0.385. The van der Waals surface area contributed by atoms with E-state index in [1.807, 2.05) is 66.5 Å². The van der Waals surface area contributed by atoms with Crippen LogP contribution in [0.25, 0.3) is 22.3 Å². The maximum Gasteiger partial charge on any atom is 0.311 e. The molecule has 0 unspecified atom stereocenters. The fraction of sp³-hybridized carbons (Fsp3) is 0.0417. The molecule has 30 heavy (non-hydrogen) atoms. The summed E-state index contributed by atoms with van der Waals surface area (Å²) in [5.41, 5.74) is 3.87. The minimum absolute atomic E-state index is 0.0722. The fourth-order valence-corrected chi connectivity index (χ4v) is 3.60. The van der Waals surface area contributed by atoms with Crippen LogP contribution in [0.15, 0.2) is 91.3 Å². The lowest BCUT2D eigenvalue weighted by atomic mass is 10.0. The highest BCUT2D eigenvalue weighted by atomic mass is 32.1. The molecule has 148 valence electrons. The largest absolute Gasteiger partial charge is 0.450 e. The van der Waals surface area contributed by atoms with E-state index in [0.29, 0.717) is 5.75 Å². The molecule has 1 heterocycles. The summed E-state index contributed by atoms with van der Waals surface area (Å²) >= 11 is 5.78. The summed E-state index contributed by atoms with van der Waals surface area (Å²) < 4.78 is 8.50. The Hall–Kier alpha value is -3.77. The van der Waals surface area contributed by atoms with Gasteiger partial charge in [0, 0.05) is 36.6 Å². The number of hydrogen-bond donors (Lipinski definition) is 0. The molecule has 5 nitrogen and oxygen atoms in total. The van der Waals surface area contributed by atoms with Crippen molar-refractivity contribution in [3.05, 3.63) is 106 Å². The predicted octanol–water partition coefficient (Wildman–Crippen LogP) is 6.79. The Bertz CT molecular complexity index is 1270. The van der Waals surface area contributed by atoms with Crippen LogP contribution in [0.3, 0.4) is 0 Å². The Morgan fingerprint density at radius 2 is 1.40 bits per heavy atom. The predicted molar refractivity (Wildman–Crippen MR) is 120 cm³/mol. The minimum atomic E-state index is -0.456. The van der Waals surface area contributed by atoms with Crippen molar-refractivity contribution in [2.75, 3.05) is 0 Å². The number of para-hydroxylation sites is 2. The molecular weight excluding hydrogens is 396 g/mol. The first kappa shape index (κ1) is 19.5. The Labute approximate surface area is 179 Å². The number of aryl methyl sites for hydroxylation is 1. The van der Waals surface area contributed by atoms with Crippen molar-refractivity contribution in [2.24, 2.45) is 7.05 Å². The summed E-state index contributed by atoms with van der Waals surface area (Å²) in [6, 6.07) is 23.7. The number of nitro groups is 1. The molecule has 0 fully saturated rings. The number of pyridine rings is 1. The van der Waals surface area contributed by atoms with E-state index in [9.17, 15) is 10.1 Å². The zero-order valence-electron chi connectivity index (χ0n) is 16.2. The summed E-state index contributed by atoms with van der Waals surface area (Å²) in [5.74, 6) is 0.722. The Kier molecular flexibility index (Phi) is 5.41. The number of ether oxygens (including phenoxy) is 1. The monoisotopic (exact) mass is 414 g/mol. The highest BCUT2D eigenvalue weighted by Gasteiger charge is 2.14. The third-order valence-electron chi connectivity index (χ3n) is 4.69. The summed E-state index contributed by atoms with van der Waals surface area (Å²) in [5, 5.41) is 11.2. The number of hydrogen-bond acceptors (Lipinski definition) is 4. The van der Waals surface area contributed by atoms with Crippen molar-refractivity contribution >= 4 is 17.9 Å². The van der Waals surface area contributed by atoms with Crippen LogP contribution in [-0.2, 0) is 7.05 Å². The van der Waals surface area contributed by atoms with Gasteiger partial charge in [0.05, 0.1) is 9.43 Å². The summed E-state index contributed by atoms with van der Waals surface area (Å²) in [7, 11) is 1.97. The van der Waals surface area contributed by atoms with Gasteiger partial charge in [0.1, 0.15) is 5.75 Å². The Morgan fingerprint density at radius 3 is 2.03 bits per heavy atom. The van der Waals surface area contributed by atoms with E-state index in [1.54, 1.807) is 30.3 Å². The van der Waals surface area contributed by atoms with Crippen LogP contribution in [0.2, 0.25) is 0 Å². The Balaban J connectivity index is 1.68. The van der Waals surface area contributed by atoms with Gasteiger partial charge in [-0.1, -0.05) is 66.8 Å². The number of rotatable bonds is 5. The van der Waals surface area contributed by atoms with Crippen LogP contribution < -0.4 is 4.74 Å². The highest BCUT2D eigenvalue weighted by Crippen LogP contribution is 2.33. The fourth-order valence-electron chi connectivity index (χ4n) is 3.26. The average molecular weight is 414 g/mol. The van der Waals surface area contributed by atoms with Gasteiger partial charge in [0.15, 0.2) is 0 Å². The molecule has 4 rings (SSSR count). The maximum atomic E-state index is 11.2. The summed E-state index contributed by atoms with van der Waals surface area (Å²) in [4.78, 5) is 10.7. The van der Waals surface area contributed by atoms with Crippen LogP contribution in [0.1, 0.15) is 0 Å². The zero-order chi connectivity index (χ0) is 21.1. The van der Waals surface area contributed by atoms with Crippen molar-refractivity contribution < 1.29 is 9.66 Å². The number of nitro benzene ring substituents is 1. The van der Waals surface area contributed by atoms with Gasteiger partial charge in [0.25, 0.3) is 0 Å². The van der Waals surface area contributed by atoms with Crippen LogP contribution in [0.4, 0.5) is 5.69 Å². The van der Waals surface area contributed by atoms with Gasteiger partial charge >= 0.3 is 5.69 Å². The second-order valence-electron chi connectivity index (χ2n) is 6.80. The molecule has 0 bridgehead atoms. The smallest absolute Gasteiger partial charge is 0.311 e. The molecule has 0 spiro atoms. The molecule has 4 aromatic rings. The maximum absolute atomic E-state index is 11.2. The van der Waals surface area contributed by atoms with E-state index >= 15 is 0 Å². The van der Waals surface area contributed by atoms with E-state index in [4.69, 9.17) is 17.0 Å². The normalized spacial score (nSPS) is 10.6. The highest BCUT2D eigenvalue weighted by molar-refractivity contribution is 7.71. The van der Waals surface area contributed by atoms with Crippen molar-refractivity contribution in [3.63, 3.8) is 0 Å². The third kappa shape index (κ3) is 3.99. The molecule has 0 N–H and O–H groups in total. The van der Waals surface area contributed by atoms with E-state index in [0.717, 1.165) is 26.8 Å².